The second-order valence-electron chi connectivity index (χ2n) is 5.58. The topological polar surface area (TPSA) is 30.5 Å². The number of hydrogen-bond donors (Lipinski definition) is 1. The first-order valence-corrected chi connectivity index (χ1v) is 7.17. The molecule has 0 aliphatic rings. The molecular formula is C14H19BrF3NO2. The van der Waals surface area contributed by atoms with Gasteiger partial charge in [0, 0.05) is 22.1 Å². The molecular weight excluding hydrogens is 351 g/mol. The third-order valence-corrected chi connectivity index (χ3v) is 2.89. The monoisotopic (exact) mass is 369 g/mol. The molecule has 0 fully saturated rings. The Morgan fingerprint density at radius 3 is 2.43 bits per heavy atom. The fourth-order valence-corrected chi connectivity index (χ4v) is 1.86. The summed E-state index contributed by atoms with van der Waals surface area (Å²) in [4.78, 5) is 0. The first-order valence-electron chi connectivity index (χ1n) is 6.37. The molecule has 3 nitrogen and oxygen atoms in total. The molecule has 0 aliphatic heterocycles. The van der Waals surface area contributed by atoms with Crippen LogP contribution in [0.2, 0.25) is 0 Å². The van der Waals surface area contributed by atoms with Gasteiger partial charge in [0.15, 0.2) is 6.79 Å². The van der Waals surface area contributed by atoms with Crippen LogP contribution in [0, 0.1) is 0 Å². The van der Waals surface area contributed by atoms with Gasteiger partial charge >= 0.3 is 6.18 Å². The van der Waals surface area contributed by atoms with Crippen molar-refractivity contribution in [3.05, 3.63) is 28.2 Å². The van der Waals surface area contributed by atoms with Gasteiger partial charge in [-0.05, 0) is 39.0 Å². The number of halogens is 4. The molecule has 7 heteroatoms. The van der Waals surface area contributed by atoms with Crippen LogP contribution in [0.25, 0.3) is 0 Å². The second kappa shape index (κ2) is 7.47. The average Bonchev–Trinajstić information content (AvgIpc) is 2.31. The molecule has 1 N–H and O–H groups in total. The lowest BCUT2D eigenvalue weighted by molar-refractivity contribution is -0.186. The molecule has 0 radical (unpaired) electrons. The van der Waals surface area contributed by atoms with Crippen LogP contribution in [-0.4, -0.2) is 25.1 Å². The third-order valence-electron chi connectivity index (χ3n) is 2.40. The SMILES string of the molecule is CC(C)(C)NCc1cc(Br)ccc1OCOCC(F)(F)F. The van der Waals surface area contributed by atoms with Crippen molar-refractivity contribution in [2.24, 2.45) is 0 Å². The summed E-state index contributed by atoms with van der Waals surface area (Å²) in [5, 5.41) is 3.30. The zero-order chi connectivity index (χ0) is 16.1. The van der Waals surface area contributed by atoms with Crippen LogP contribution in [0.5, 0.6) is 5.75 Å². The number of benzene rings is 1. The Bertz CT molecular complexity index is 459. The van der Waals surface area contributed by atoms with E-state index in [4.69, 9.17) is 4.74 Å². The standard InChI is InChI=1S/C14H19BrF3NO2/c1-13(2,3)19-7-10-6-11(15)4-5-12(10)21-9-20-8-14(16,17)18/h4-6,19H,7-9H2,1-3H3. The zero-order valence-corrected chi connectivity index (χ0v) is 13.8. The van der Waals surface area contributed by atoms with Crippen molar-refractivity contribution < 1.29 is 22.6 Å². The summed E-state index contributed by atoms with van der Waals surface area (Å²) < 4.78 is 46.5. The molecule has 21 heavy (non-hydrogen) atoms. The summed E-state index contributed by atoms with van der Waals surface area (Å²) in [6.45, 7) is 4.86. The van der Waals surface area contributed by atoms with E-state index in [0.717, 1.165) is 10.0 Å². The van der Waals surface area contributed by atoms with Gasteiger partial charge < -0.3 is 14.8 Å². The molecule has 1 aromatic rings. The molecule has 0 saturated heterocycles. The molecule has 0 aliphatic carbocycles. The van der Waals surface area contributed by atoms with Crippen molar-refractivity contribution in [3.8, 4) is 5.75 Å². The molecule has 0 aromatic heterocycles. The van der Waals surface area contributed by atoms with E-state index < -0.39 is 19.6 Å². The highest BCUT2D eigenvalue weighted by atomic mass is 79.9. The highest BCUT2D eigenvalue weighted by Gasteiger charge is 2.27. The normalized spacial score (nSPS) is 12.5. The van der Waals surface area contributed by atoms with Gasteiger partial charge in [-0.15, -0.1) is 0 Å². The Hall–Kier alpha value is -0.790. The maximum atomic E-state index is 12.0. The second-order valence-corrected chi connectivity index (χ2v) is 6.50. The Morgan fingerprint density at radius 1 is 1.19 bits per heavy atom. The first kappa shape index (κ1) is 18.3. The van der Waals surface area contributed by atoms with Gasteiger partial charge in [-0.2, -0.15) is 13.2 Å². The summed E-state index contributed by atoms with van der Waals surface area (Å²) in [6.07, 6.45) is -4.35. The van der Waals surface area contributed by atoms with Crippen LogP contribution < -0.4 is 10.1 Å². The minimum absolute atomic E-state index is 0.0770. The predicted molar refractivity (Wildman–Crippen MR) is 78.2 cm³/mol. The molecule has 1 aromatic carbocycles. The Balaban J connectivity index is 2.60. The molecule has 0 unspecified atom stereocenters. The number of ether oxygens (including phenoxy) is 2. The van der Waals surface area contributed by atoms with E-state index in [0.29, 0.717) is 12.3 Å². The van der Waals surface area contributed by atoms with Crippen LogP contribution in [0.15, 0.2) is 22.7 Å². The number of nitrogens with one attached hydrogen (secondary N) is 1. The van der Waals surface area contributed by atoms with E-state index in [1.54, 1.807) is 12.1 Å². The summed E-state index contributed by atoms with van der Waals surface area (Å²) in [5.41, 5.74) is 0.765. The van der Waals surface area contributed by atoms with E-state index in [1.165, 1.54) is 0 Å². The van der Waals surface area contributed by atoms with Crippen LogP contribution in [0.4, 0.5) is 13.2 Å². The van der Waals surface area contributed by atoms with E-state index in [1.807, 2.05) is 26.8 Å². The zero-order valence-electron chi connectivity index (χ0n) is 12.2. The summed E-state index contributed by atoms with van der Waals surface area (Å²) in [6, 6.07) is 5.32. The van der Waals surface area contributed by atoms with E-state index in [2.05, 4.69) is 26.0 Å². The fourth-order valence-electron chi connectivity index (χ4n) is 1.45. The van der Waals surface area contributed by atoms with Gasteiger partial charge in [0.1, 0.15) is 12.4 Å². The molecule has 0 bridgehead atoms. The van der Waals surface area contributed by atoms with Gasteiger partial charge in [0.2, 0.25) is 0 Å². The van der Waals surface area contributed by atoms with Gasteiger partial charge in [0.05, 0.1) is 0 Å². The lowest BCUT2D eigenvalue weighted by Gasteiger charge is -2.22. The number of hydrogen-bond acceptors (Lipinski definition) is 3. The van der Waals surface area contributed by atoms with E-state index in [-0.39, 0.29) is 5.54 Å². The molecule has 1 rings (SSSR count). The van der Waals surface area contributed by atoms with Crippen LogP contribution in [0.3, 0.4) is 0 Å². The van der Waals surface area contributed by atoms with Crippen molar-refractivity contribution in [1.29, 1.82) is 0 Å². The maximum Gasteiger partial charge on any atom is 0.411 e. The van der Waals surface area contributed by atoms with Crippen molar-refractivity contribution in [2.45, 2.75) is 39.0 Å². The summed E-state index contributed by atoms with van der Waals surface area (Å²) in [5.74, 6) is 0.497. The maximum absolute atomic E-state index is 12.0. The van der Waals surface area contributed by atoms with Gasteiger partial charge in [-0.3, -0.25) is 0 Å². The Morgan fingerprint density at radius 2 is 1.86 bits per heavy atom. The predicted octanol–water partition coefficient (Wildman–Crippen LogP) is 4.25. The van der Waals surface area contributed by atoms with Crippen molar-refractivity contribution in [1.82, 2.24) is 5.32 Å². The van der Waals surface area contributed by atoms with E-state index >= 15 is 0 Å². The average molecular weight is 370 g/mol. The van der Waals surface area contributed by atoms with E-state index in [9.17, 15) is 13.2 Å². The summed E-state index contributed by atoms with van der Waals surface area (Å²) in [7, 11) is 0. The number of rotatable bonds is 6. The lowest BCUT2D eigenvalue weighted by Crippen LogP contribution is -2.35. The smallest absolute Gasteiger partial charge is 0.411 e. The number of alkyl halides is 3. The third kappa shape index (κ3) is 8.28. The highest BCUT2D eigenvalue weighted by molar-refractivity contribution is 9.10. The largest absolute Gasteiger partial charge is 0.467 e. The Labute approximate surface area is 130 Å². The summed E-state index contributed by atoms with van der Waals surface area (Å²) >= 11 is 3.36. The molecule has 0 spiro atoms. The van der Waals surface area contributed by atoms with Crippen molar-refractivity contribution in [2.75, 3.05) is 13.4 Å². The van der Waals surface area contributed by atoms with Gasteiger partial charge in [-0.25, -0.2) is 0 Å². The molecule has 0 amide bonds. The quantitative estimate of drug-likeness (QED) is 0.600. The first-order chi connectivity index (χ1) is 9.57. The highest BCUT2D eigenvalue weighted by Crippen LogP contribution is 2.24. The molecule has 0 atom stereocenters. The molecule has 120 valence electrons. The molecule has 0 saturated carbocycles. The Kier molecular flexibility index (Phi) is 6.49. The lowest BCUT2D eigenvalue weighted by atomic mass is 10.1. The minimum Gasteiger partial charge on any atom is -0.467 e. The minimum atomic E-state index is -4.35. The molecule has 0 heterocycles. The van der Waals surface area contributed by atoms with Crippen LogP contribution in [-0.2, 0) is 11.3 Å². The van der Waals surface area contributed by atoms with Crippen LogP contribution >= 0.6 is 15.9 Å². The fraction of sp³-hybridized carbons (Fsp3) is 0.571. The van der Waals surface area contributed by atoms with Gasteiger partial charge in [0.25, 0.3) is 0 Å². The van der Waals surface area contributed by atoms with Gasteiger partial charge in [-0.1, -0.05) is 15.9 Å². The van der Waals surface area contributed by atoms with Crippen molar-refractivity contribution in [3.63, 3.8) is 0 Å². The van der Waals surface area contributed by atoms with Crippen LogP contribution in [0.1, 0.15) is 26.3 Å². The van der Waals surface area contributed by atoms with Crippen molar-refractivity contribution >= 4 is 15.9 Å².